The highest BCUT2D eigenvalue weighted by molar-refractivity contribution is 7.10. The highest BCUT2D eigenvalue weighted by Gasteiger charge is 2.40. The van der Waals surface area contributed by atoms with Crippen LogP contribution in [0.4, 0.5) is 0 Å². The second kappa shape index (κ2) is 5.31. The maximum atomic E-state index is 12.7. The van der Waals surface area contributed by atoms with Crippen molar-refractivity contribution in [2.45, 2.75) is 31.8 Å². The quantitative estimate of drug-likeness (QED) is 0.870. The number of ketones is 1. The Labute approximate surface area is 127 Å². The first-order valence-electron chi connectivity index (χ1n) is 7.42. The third-order valence-corrected chi connectivity index (χ3v) is 5.34. The molecule has 0 spiro atoms. The van der Waals surface area contributed by atoms with Crippen molar-refractivity contribution in [2.24, 2.45) is 5.92 Å². The van der Waals surface area contributed by atoms with Gasteiger partial charge < -0.3 is 0 Å². The average Bonchev–Trinajstić information content (AvgIpc) is 3.27. The molecule has 0 N–H and O–H groups in total. The van der Waals surface area contributed by atoms with Crippen LogP contribution >= 0.6 is 11.3 Å². The minimum absolute atomic E-state index is 0.223. The Kier molecular flexibility index (Phi) is 3.31. The molecule has 0 amide bonds. The van der Waals surface area contributed by atoms with Crippen LogP contribution in [0.5, 0.6) is 0 Å². The Hall–Kier alpha value is -1.59. The SMILES string of the molecule is O=C(C1CC1)C(c1cnccn1)N1CCc2sccc2C1. The number of thiophene rings is 1. The molecule has 0 aromatic carbocycles. The zero-order chi connectivity index (χ0) is 14.2. The van der Waals surface area contributed by atoms with Crippen LogP contribution in [-0.4, -0.2) is 27.2 Å². The lowest BCUT2D eigenvalue weighted by atomic mass is 10.00. The molecule has 2 aliphatic rings. The van der Waals surface area contributed by atoms with Gasteiger partial charge in [-0.2, -0.15) is 0 Å². The molecule has 2 aromatic heterocycles. The van der Waals surface area contributed by atoms with E-state index in [0.29, 0.717) is 5.78 Å². The molecule has 0 saturated heterocycles. The van der Waals surface area contributed by atoms with Crippen molar-refractivity contribution in [3.63, 3.8) is 0 Å². The number of hydrogen-bond acceptors (Lipinski definition) is 5. The zero-order valence-electron chi connectivity index (χ0n) is 11.7. The number of Topliss-reactive ketones (excluding diaryl/α,β-unsaturated/α-hetero) is 1. The number of nitrogens with zero attached hydrogens (tertiary/aromatic N) is 3. The van der Waals surface area contributed by atoms with Gasteiger partial charge in [0.2, 0.25) is 0 Å². The van der Waals surface area contributed by atoms with Gasteiger partial charge in [0.05, 0.1) is 11.9 Å². The van der Waals surface area contributed by atoms with Crippen molar-refractivity contribution in [2.75, 3.05) is 6.54 Å². The molecule has 0 bridgehead atoms. The highest BCUT2D eigenvalue weighted by Crippen LogP contribution is 2.38. The lowest BCUT2D eigenvalue weighted by Crippen LogP contribution is -2.38. The van der Waals surface area contributed by atoms with Crippen LogP contribution in [0.1, 0.15) is 35.0 Å². The van der Waals surface area contributed by atoms with Crippen molar-refractivity contribution in [1.82, 2.24) is 14.9 Å². The van der Waals surface area contributed by atoms with Gasteiger partial charge in [0.15, 0.2) is 5.78 Å². The number of rotatable bonds is 4. The fourth-order valence-electron chi connectivity index (χ4n) is 3.05. The van der Waals surface area contributed by atoms with Crippen LogP contribution in [0.15, 0.2) is 30.0 Å². The van der Waals surface area contributed by atoms with E-state index in [1.807, 2.05) is 11.3 Å². The largest absolute Gasteiger partial charge is 0.297 e. The maximum absolute atomic E-state index is 12.7. The van der Waals surface area contributed by atoms with E-state index in [2.05, 4.69) is 26.3 Å². The average molecular weight is 299 g/mol. The van der Waals surface area contributed by atoms with Crippen molar-refractivity contribution >= 4 is 17.1 Å². The predicted molar refractivity (Wildman–Crippen MR) is 80.9 cm³/mol. The van der Waals surface area contributed by atoms with E-state index in [-0.39, 0.29) is 12.0 Å². The summed E-state index contributed by atoms with van der Waals surface area (Å²) < 4.78 is 0. The molecule has 4 nitrogen and oxygen atoms in total. The maximum Gasteiger partial charge on any atom is 0.159 e. The van der Waals surface area contributed by atoms with Gasteiger partial charge >= 0.3 is 0 Å². The van der Waals surface area contributed by atoms with Crippen molar-refractivity contribution in [1.29, 1.82) is 0 Å². The second-order valence-corrected chi connectivity index (χ2v) is 6.80. The Bertz CT molecular complexity index is 651. The monoisotopic (exact) mass is 299 g/mol. The van der Waals surface area contributed by atoms with Gasteiger partial charge in [0.25, 0.3) is 0 Å². The van der Waals surface area contributed by atoms with Crippen LogP contribution < -0.4 is 0 Å². The number of fused-ring (bicyclic) bond motifs is 1. The molecule has 2 aromatic rings. The summed E-state index contributed by atoms with van der Waals surface area (Å²) in [5.41, 5.74) is 2.16. The highest BCUT2D eigenvalue weighted by atomic mass is 32.1. The summed E-state index contributed by atoms with van der Waals surface area (Å²) in [4.78, 5) is 25.1. The molecular weight excluding hydrogens is 282 g/mol. The molecule has 0 radical (unpaired) electrons. The molecule has 108 valence electrons. The van der Waals surface area contributed by atoms with Crippen molar-refractivity contribution < 1.29 is 4.79 Å². The van der Waals surface area contributed by atoms with Crippen LogP contribution in [0, 0.1) is 5.92 Å². The van der Waals surface area contributed by atoms with Crippen LogP contribution in [-0.2, 0) is 17.8 Å². The van der Waals surface area contributed by atoms with Gasteiger partial charge in [-0.25, -0.2) is 0 Å². The van der Waals surface area contributed by atoms with Crippen LogP contribution in [0.25, 0.3) is 0 Å². The van der Waals surface area contributed by atoms with E-state index < -0.39 is 0 Å². The number of aromatic nitrogens is 2. The molecule has 3 heterocycles. The standard InChI is InChI=1S/C16H17N3OS/c20-16(11-1-2-11)15(13-9-17-5-6-18-13)19-7-3-14-12(10-19)4-8-21-14/h4-6,8-9,11,15H,1-3,7,10H2. The Balaban J connectivity index is 1.65. The van der Waals surface area contributed by atoms with E-state index in [1.54, 1.807) is 18.6 Å². The summed E-state index contributed by atoms with van der Waals surface area (Å²) in [5, 5.41) is 2.15. The topological polar surface area (TPSA) is 46.1 Å². The van der Waals surface area contributed by atoms with Gasteiger partial charge in [-0.3, -0.25) is 19.7 Å². The molecule has 5 heteroatoms. The van der Waals surface area contributed by atoms with Crippen LogP contribution in [0.2, 0.25) is 0 Å². The van der Waals surface area contributed by atoms with Gasteiger partial charge in [-0.05, 0) is 36.3 Å². The summed E-state index contributed by atoms with van der Waals surface area (Å²) in [6.45, 7) is 1.77. The Morgan fingerprint density at radius 1 is 1.38 bits per heavy atom. The molecule has 21 heavy (non-hydrogen) atoms. The molecule has 4 rings (SSSR count). The summed E-state index contributed by atoms with van der Waals surface area (Å²) in [5.74, 6) is 0.565. The van der Waals surface area contributed by atoms with E-state index in [1.165, 1.54) is 10.4 Å². The van der Waals surface area contributed by atoms with Crippen LogP contribution in [0.3, 0.4) is 0 Å². The first kappa shape index (κ1) is 13.1. The second-order valence-electron chi connectivity index (χ2n) is 5.80. The van der Waals surface area contributed by atoms with E-state index >= 15 is 0 Å². The zero-order valence-corrected chi connectivity index (χ0v) is 12.6. The molecule has 1 fully saturated rings. The normalized spacial score (nSPS) is 20.0. The fourth-order valence-corrected chi connectivity index (χ4v) is 3.94. The molecular formula is C16H17N3OS. The smallest absolute Gasteiger partial charge is 0.159 e. The molecule has 1 atom stereocenters. The molecule has 1 unspecified atom stereocenters. The third-order valence-electron chi connectivity index (χ3n) is 4.31. The summed E-state index contributed by atoms with van der Waals surface area (Å²) in [6, 6.07) is 1.96. The van der Waals surface area contributed by atoms with E-state index in [4.69, 9.17) is 0 Å². The lowest BCUT2D eigenvalue weighted by molar-refractivity contribution is -0.126. The third kappa shape index (κ3) is 2.51. The number of hydrogen-bond donors (Lipinski definition) is 0. The Morgan fingerprint density at radius 3 is 3.05 bits per heavy atom. The molecule has 1 saturated carbocycles. The minimum Gasteiger partial charge on any atom is -0.297 e. The van der Waals surface area contributed by atoms with Crippen molar-refractivity contribution in [3.8, 4) is 0 Å². The van der Waals surface area contributed by atoms with Gasteiger partial charge in [-0.15, -0.1) is 11.3 Å². The van der Waals surface area contributed by atoms with E-state index in [0.717, 1.165) is 38.0 Å². The van der Waals surface area contributed by atoms with Gasteiger partial charge in [0, 0.05) is 36.3 Å². The van der Waals surface area contributed by atoms with E-state index in [9.17, 15) is 4.79 Å². The predicted octanol–water partition coefficient (Wildman–Crippen LogP) is 2.62. The van der Waals surface area contributed by atoms with Crippen molar-refractivity contribution in [3.05, 3.63) is 46.2 Å². The summed E-state index contributed by atoms with van der Waals surface area (Å²) in [7, 11) is 0. The van der Waals surface area contributed by atoms with Gasteiger partial charge in [0.1, 0.15) is 6.04 Å². The summed E-state index contributed by atoms with van der Waals surface area (Å²) in [6.07, 6.45) is 8.19. The first-order valence-corrected chi connectivity index (χ1v) is 8.30. The minimum atomic E-state index is -0.223. The van der Waals surface area contributed by atoms with Gasteiger partial charge in [-0.1, -0.05) is 0 Å². The molecule has 1 aliphatic carbocycles. The summed E-state index contributed by atoms with van der Waals surface area (Å²) >= 11 is 1.82. The number of carbonyl (C=O) groups excluding carboxylic acids is 1. The lowest BCUT2D eigenvalue weighted by Gasteiger charge is -2.33. The molecule has 1 aliphatic heterocycles. The fraction of sp³-hybridized carbons (Fsp3) is 0.438. The Morgan fingerprint density at radius 2 is 2.29 bits per heavy atom. The number of carbonyl (C=O) groups is 1. The first-order chi connectivity index (χ1) is 10.3.